The Kier molecular flexibility index (Phi) is 4.40. The third-order valence-corrected chi connectivity index (χ3v) is 2.71. The molecular formula is C14H19N3O. The van der Waals surface area contributed by atoms with Gasteiger partial charge in [0.05, 0.1) is 0 Å². The van der Waals surface area contributed by atoms with E-state index in [1.165, 1.54) is 5.56 Å². The highest BCUT2D eigenvalue weighted by atomic mass is 16.2. The Hall–Kier alpha value is -1.93. The zero-order valence-corrected chi connectivity index (χ0v) is 11.3. The van der Waals surface area contributed by atoms with Crippen molar-refractivity contribution in [3.8, 4) is 0 Å². The molecule has 1 amide bonds. The Morgan fingerprint density at radius 3 is 2.33 bits per heavy atom. The molecule has 0 aliphatic heterocycles. The van der Waals surface area contributed by atoms with Gasteiger partial charge in [-0.05, 0) is 33.3 Å². The molecule has 4 heteroatoms. The van der Waals surface area contributed by atoms with Gasteiger partial charge in [-0.1, -0.05) is 29.8 Å². The van der Waals surface area contributed by atoms with Crippen LogP contribution in [0, 0.1) is 6.92 Å². The number of amides is 1. The Bertz CT molecular complexity index is 465. The van der Waals surface area contributed by atoms with E-state index >= 15 is 0 Å². The van der Waals surface area contributed by atoms with Gasteiger partial charge in [0.25, 0.3) is 0 Å². The molecule has 0 bridgehead atoms. The first kappa shape index (κ1) is 14.1. The molecule has 0 unspecified atom stereocenters. The van der Waals surface area contributed by atoms with E-state index in [0.29, 0.717) is 6.54 Å². The lowest BCUT2D eigenvalue weighted by Gasteiger charge is -2.33. The standard InChI is InChI=1S/C14H19N3O/c1-11-5-7-12(8-6-11)10-17(14(2,3)4)13(18)9-16-15/h5-9H,10H2,1-4H3. The van der Waals surface area contributed by atoms with Gasteiger partial charge in [0.15, 0.2) is 0 Å². The Labute approximate surface area is 108 Å². The lowest BCUT2D eigenvalue weighted by molar-refractivity contribution is -0.132. The van der Waals surface area contributed by atoms with Crippen molar-refractivity contribution in [1.29, 1.82) is 0 Å². The molecule has 4 nitrogen and oxygen atoms in total. The van der Waals surface area contributed by atoms with Crippen molar-refractivity contribution in [3.63, 3.8) is 0 Å². The van der Waals surface area contributed by atoms with Crippen molar-refractivity contribution in [3.05, 3.63) is 40.9 Å². The van der Waals surface area contributed by atoms with Gasteiger partial charge in [0.2, 0.25) is 0 Å². The van der Waals surface area contributed by atoms with Crippen molar-refractivity contribution in [2.45, 2.75) is 39.8 Å². The van der Waals surface area contributed by atoms with E-state index in [1.807, 2.05) is 52.0 Å². The molecule has 0 spiro atoms. The molecule has 1 aromatic rings. The van der Waals surface area contributed by atoms with Gasteiger partial charge in [-0.3, -0.25) is 4.79 Å². The molecule has 0 N–H and O–H groups in total. The molecule has 0 aliphatic rings. The minimum atomic E-state index is -0.330. The van der Waals surface area contributed by atoms with E-state index in [2.05, 4.69) is 4.79 Å². The topological polar surface area (TPSA) is 56.7 Å². The number of benzene rings is 1. The van der Waals surface area contributed by atoms with Gasteiger partial charge in [0.1, 0.15) is 0 Å². The van der Waals surface area contributed by atoms with Crippen LogP contribution < -0.4 is 0 Å². The second kappa shape index (κ2) is 5.61. The van der Waals surface area contributed by atoms with Crippen molar-refractivity contribution >= 4 is 12.1 Å². The first-order valence-corrected chi connectivity index (χ1v) is 5.89. The molecule has 0 aliphatic carbocycles. The van der Waals surface area contributed by atoms with Crippen LogP contribution in [-0.2, 0) is 11.3 Å². The molecular weight excluding hydrogens is 226 g/mol. The van der Waals surface area contributed by atoms with Crippen LogP contribution in [-0.4, -0.2) is 27.4 Å². The van der Waals surface area contributed by atoms with Crippen LogP contribution in [0.15, 0.2) is 24.3 Å². The average molecular weight is 245 g/mol. The van der Waals surface area contributed by atoms with E-state index < -0.39 is 0 Å². The van der Waals surface area contributed by atoms with Crippen LogP contribution in [0.1, 0.15) is 31.9 Å². The van der Waals surface area contributed by atoms with Crippen LogP contribution in [0.3, 0.4) is 0 Å². The number of hydrogen-bond acceptors (Lipinski definition) is 1. The molecule has 0 fully saturated rings. The Balaban J connectivity index is 2.95. The number of hydrogen-bond donors (Lipinski definition) is 0. The predicted molar refractivity (Wildman–Crippen MR) is 71.2 cm³/mol. The molecule has 0 saturated carbocycles. The fraction of sp³-hybridized carbons (Fsp3) is 0.429. The fourth-order valence-electron chi connectivity index (χ4n) is 1.64. The molecule has 0 atom stereocenters. The fourth-order valence-corrected chi connectivity index (χ4v) is 1.64. The smallest absolute Gasteiger partial charge is 0.344 e. The quantitative estimate of drug-likeness (QED) is 0.458. The maximum Gasteiger partial charge on any atom is 0.344 e. The molecule has 0 saturated heterocycles. The highest BCUT2D eigenvalue weighted by Crippen LogP contribution is 2.17. The number of aryl methyl sites for hydroxylation is 1. The lowest BCUT2D eigenvalue weighted by Crippen LogP contribution is -2.45. The van der Waals surface area contributed by atoms with E-state index in [0.717, 1.165) is 11.8 Å². The summed E-state index contributed by atoms with van der Waals surface area (Å²) in [7, 11) is 0. The van der Waals surface area contributed by atoms with Crippen molar-refractivity contribution in [2.75, 3.05) is 0 Å². The van der Waals surface area contributed by atoms with Gasteiger partial charge >= 0.3 is 12.1 Å². The first-order valence-electron chi connectivity index (χ1n) is 5.89. The van der Waals surface area contributed by atoms with Crippen LogP contribution in [0.5, 0.6) is 0 Å². The summed E-state index contributed by atoms with van der Waals surface area (Å²) in [4.78, 5) is 16.4. The highest BCUT2D eigenvalue weighted by Gasteiger charge is 2.27. The summed E-state index contributed by atoms with van der Waals surface area (Å²) >= 11 is 0. The number of carbonyl (C=O) groups is 1. The normalized spacial score (nSPS) is 10.7. The Morgan fingerprint density at radius 1 is 1.33 bits per heavy atom. The third-order valence-electron chi connectivity index (χ3n) is 2.71. The maximum absolute atomic E-state index is 11.9. The summed E-state index contributed by atoms with van der Waals surface area (Å²) in [5.41, 5.74) is 10.4. The van der Waals surface area contributed by atoms with Crippen molar-refractivity contribution < 1.29 is 9.58 Å². The molecule has 18 heavy (non-hydrogen) atoms. The SMILES string of the molecule is Cc1ccc(CN(C(=O)C=[N+]=[N-])C(C)(C)C)cc1. The minimum absolute atomic E-state index is 0.300. The summed E-state index contributed by atoms with van der Waals surface area (Å²) in [6.07, 6.45) is 0.930. The third kappa shape index (κ3) is 3.82. The molecule has 1 rings (SSSR count). The van der Waals surface area contributed by atoms with E-state index in [-0.39, 0.29) is 11.4 Å². The first-order chi connectivity index (χ1) is 8.34. The minimum Gasteiger partial charge on any atom is -0.361 e. The second-order valence-corrected chi connectivity index (χ2v) is 5.33. The molecule has 0 aromatic heterocycles. The molecule has 0 heterocycles. The summed E-state index contributed by atoms with van der Waals surface area (Å²) in [6, 6.07) is 8.02. The molecule has 1 aromatic carbocycles. The Morgan fingerprint density at radius 2 is 1.89 bits per heavy atom. The highest BCUT2D eigenvalue weighted by molar-refractivity contribution is 6.23. The van der Waals surface area contributed by atoms with Gasteiger partial charge in [-0.2, -0.15) is 4.79 Å². The lowest BCUT2D eigenvalue weighted by atomic mass is 10.0. The zero-order valence-electron chi connectivity index (χ0n) is 11.3. The zero-order chi connectivity index (χ0) is 13.8. The van der Waals surface area contributed by atoms with Crippen LogP contribution >= 0.6 is 0 Å². The monoisotopic (exact) mass is 245 g/mol. The number of nitrogens with zero attached hydrogens (tertiary/aromatic N) is 3. The van der Waals surface area contributed by atoms with Gasteiger partial charge in [0, 0.05) is 12.1 Å². The maximum atomic E-state index is 11.9. The molecule has 96 valence electrons. The predicted octanol–water partition coefficient (Wildman–Crippen LogP) is 2.42. The number of rotatable bonds is 3. The molecule has 0 radical (unpaired) electrons. The summed E-state index contributed by atoms with van der Waals surface area (Å²) in [6.45, 7) is 8.36. The van der Waals surface area contributed by atoms with E-state index in [1.54, 1.807) is 4.90 Å². The number of carbonyl (C=O) groups excluding carboxylic acids is 1. The summed E-state index contributed by atoms with van der Waals surface area (Å²) < 4.78 is 0. The van der Waals surface area contributed by atoms with E-state index in [9.17, 15) is 4.79 Å². The largest absolute Gasteiger partial charge is 0.361 e. The average Bonchev–Trinajstić information content (AvgIpc) is 2.26. The van der Waals surface area contributed by atoms with Crippen molar-refractivity contribution in [1.82, 2.24) is 4.90 Å². The van der Waals surface area contributed by atoms with E-state index in [4.69, 9.17) is 5.53 Å². The van der Waals surface area contributed by atoms with Crippen LogP contribution in [0.25, 0.3) is 5.53 Å². The van der Waals surface area contributed by atoms with Crippen molar-refractivity contribution in [2.24, 2.45) is 0 Å². The van der Waals surface area contributed by atoms with Gasteiger partial charge < -0.3 is 10.4 Å². The van der Waals surface area contributed by atoms with Gasteiger partial charge in [-0.15, -0.1) is 0 Å². The second-order valence-electron chi connectivity index (χ2n) is 5.33. The van der Waals surface area contributed by atoms with Gasteiger partial charge in [-0.25, -0.2) is 0 Å². The summed E-state index contributed by atoms with van der Waals surface area (Å²) in [5, 5.41) is 0. The summed E-state index contributed by atoms with van der Waals surface area (Å²) in [5.74, 6) is -0.300. The van der Waals surface area contributed by atoms with Crippen LogP contribution in [0.4, 0.5) is 0 Å². The van der Waals surface area contributed by atoms with Crippen LogP contribution in [0.2, 0.25) is 0 Å².